The van der Waals surface area contributed by atoms with E-state index in [1.54, 1.807) is 43.0 Å². The van der Waals surface area contributed by atoms with E-state index in [-0.39, 0.29) is 117 Å². The number of nitriles is 1. The van der Waals surface area contributed by atoms with E-state index >= 15 is 8.78 Å². The fraction of sp³-hybridized carbons (Fsp3) is 0.357. The Bertz CT molecular complexity index is 3950. The fourth-order valence-corrected chi connectivity index (χ4v) is 13.7. The number of piperazine rings is 1. The zero-order chi connectivity index (χ0) is 55.6. The Hall–Kier alpha value is -7.42. The van der Waals surface area contributed by atoms with Crippen molar-refractivity contribution in [1.29, 1.82) is 5.26 Å². The third-order valence-corrected chi connectivity index (χ3v) is 18.1. The van der Waals surface area contributed by atoms with Crippen LogP contribution in [-0.2, 0) is 37.8 Å². The summed E-state index contributed by atoms with van der Waals surface area (Å²) in [4.78, 5) is 60.1. The molecule has 0 saturated carbocycles. The first-order valence-electron chi connectivity index (χ1n) is 25.8. The number of aromatic nitrogens is 4. The van der Waals surface area contributed by atoms with E-state index in [4.69, 9.17) is 53.7 Å². The molecule has 0 aliphatic carbocycles. The van der Waals surface area contributed by atoms with Crippen LogP contribution < -0.4 is 20.7 Å². The van der Waals surface area contributed by atoms with E-state index in [1.807, 2.05) is 28.5 Å². The number of esters is 1. The first-order valence-corrected chi connectivity index (χ1v) is 27.4. The quantitative estimate of drug-likeness (QED) is 0.0660. The first kappa shape index (κ1) is 52.3. The van der Waals surface area contributed by atoms with Crippen molar-refractivity contribution in [1.82, 2.24) is 29.3 Å². The van der Waals surface area contributed by atoms with Gasteiger partial charge < -0.3 is 39.4 Å². The summed E-state index contributed by atoms with van der Waals surface area (Å²) in [5.74, 6) is -2.42. The smallest absolute Gasteiger partial charge is 0.412 e. The second-order valence-corrected chi connectivity index (χ2v) is 22.7. The number of alkyl halides is 1. The molecule has 12 rings (SSSR count). The molecule has 406 valence electrons. The molecular formula is C56H50ClF3N10O7S2. The molecule has 23 heteroatoms. The Kier molecular flexibility index (Phi) is 12.9. The number of cyclic esters (lactones) is 1. The molecule has 7 aromatic rings. The first-order chi connectivity index (χ1) is 37.8. The van der Waals surface area contributed by atoms with Crippen molar-refractivity contribution in [3.05, 3.63) is 104 Å². The minimum atomic E-state index is -1.82. The maximum atomic E-state index is 17.5. The Labute approximate surface area is 463 Å². The zero-order valence-electron chi connectivity index (χ0n) is 42.9. The van der Waals surface area contributed by atoms with Crippen LogP contribution in [0.5, 0.6) is 6.01 Å². The van der Waals surface area contributed by atoms with Crippen LogP contribution in [0.15, 0.2) is 60.7 Å². The van der Waals surface area contributed by atoms with Gasteiger partial charge in [0.2, 0.25) is 0 Å². The van der Waals surface area contributed by atoms with Gasteiger partial charge in [0.1, 0.15) is 58.4 Å². The molecule has 2 amide bonds. The minimum Gasteiger partial charge on any atom is -0.461 e. The molecule has 5 unspecified atom stereocenters. The normalized spacial score (nSPS) is 21.8. The molecule has 4 N–H and O–H groups in total. The van der Waals surface area contributed by atoms with Crippen molar-refractivity contribution in [2.75, 3.05) is 55.3 Å². The number of nitrogens with two attached hydrogens (primary N) is 1. The van der Waals surface area contributed by atoms with Gasteiger partial charge in [-0.25, -0.2) is 27.7 Å². The number of nitrogens with one attached hydrogen (secondary N) is 1. The average molecular weight is 1130 g/mol. The number of fused-ring (bicyclic) bond motifs is 8. The number of nitrogens with zero attached hydrogens (tertiary/aromatic N) is 8. The number of pyridine rings is 2. The van der Waals surface area contributed by atoms with Crippen LogP contribution in [0.2, 0.25) is 5.02 Å². The molecule has 4 aromatic heterocycles. The minimum absolute atomic E-state index is 0.0125. The van der Waals surface area contributed by atoms with Gasteiger partial charge in [0.15, 0.2) is 11.4 Å². The van der Waals surface area contributed by atoms with E-state index in [2.05, 4.69) is 21.8 Å². The summed E-state index contributed by atoms with van der Waals surface area (Å²) in [6, 6.07) is 14.3. The summed E-state index contributed by atoms with van der Waals surface area (Å²) >= 11 is 13.7. The number of carbonyl (C=O) groups excluding carboxylic acids is 3. The summed E-state index contributed by atoms with van der Waals surface area (Å²) < 4.78 is 67.2. The van der Waals surface area contributed by atoms with E-state index in [0.29, 0.717) is 56.7 Å². The van der Waals surface area contributed by atoms with Crippen LogP contribution in [0.4, 0.5) is 34.5 Å². The number of anilines is 3. The number of rotatable bonds is 10. The highest BCUT2D eigenvalue weighted by atomic mass is 35.5. The molecule has 9 heterocycles. The SMILES string of the molecule is C=C(C(=O)N1CCN(c2nc(OCC34CCCN3CC(F)C4)nc3c(F)c(-c4ccc(F)c5sc(N)c(C#N)c45)c(Cl)cc23)C(C)C1)C(C)OC(=O)Nc1ccc2nc3c(cc2c1)Cn1c-3cc2c(c1=S)COC(=O)C2(O)CC. The number of hydrogen-bond acceptors (Lipinski definition) is 16. The molecule has 3 aromatic carbocycles. The van der Waals surface area contributed by atoms with E-state index in [9.17, 15) is 29.1 Å². The average Bonchev–Trinajstić information content (AvgIpc) is 4.38. The van der Waals surface area contributed by atoms with E-state index in [1.165, 1.54) is 12.1 Å². The van der Waals surface area contributed by atoms with Gasteiger partial charge in [-0.3, -0.25) is 15.0 Å². The van der Waals surface area contributed by atoms with Crippen LogP contribution in [0.3, 0.4) is 0 Å². The van der Waals surface area contributed by atoms with Gasteiger partial charge in [-0.15, -0.1) is 11.3 Å². The van der Waals surface area contributed by atoms with Gasteiger partial charge in [0.05, 0.1) is 49.8 Å². The lowest BCUT2D eigenvalue weighted by atomic mass is 9.86. The Morgan fingerprint density at radius 2 is 1.95 bits per heavy atom. The number of halogens is 4. The largest absolute Gasteiger partial charge is 0.461 e. The highest BCUT2D eigenvalue weighted by Gasteiger charge is 2.50. The number of hydrogen-bond donors (Lipinski definition) is 3. The molecule has 5 atom stereocenters. The van der Waals surface area contributed by atoms with E-state index < -0.39 is 59.1 Å². The number of ether oxygens (including phenoxy) is 3. The number of thiophene rings is 1. The summed E-state index contributed by atoms with van der Waals surface area (Å²) in [6.45, 7) is 11.1. The number of carbonyl (C=O) groups is 3. The summed E-state index contributed by atoms with van der Waals surface area (Å²) in [5, 5.41) is 25.2. The van der Waals surface area contributed by atoms with Crippen molar-refractivity contribution >= 4 is 102 Å². The van der Waals surface area contributed by atoms with Crippen molar-refractivity contribution < 1.29 is 46.9 Å². The van der Waals surface area contributed by atoms with Crippen LogP contribution in [0, 0.1) is 27.6 Å². The number of nitrogen functional groups attached to an aromatic ring is 1. The monoisotopic (exact) mass is 1130 g/mol. The lowest BCUT2D eigenvalue weighted by Gasteiger charge is -2.41. The predicted octanol–water partition coefficient (Wildman–Crippen LogP) is 9.84. The van der Waals surface area contributed by atoms with Crippen molar-refractivity contribution in [3.63, 3.8) is 0 Å². The standard InChI is InChI=1S/C56H50ClF3N10O7S2/c1-5-56(74)37-18-41-45-30(22-70(41)51(78)36(37)24-75-52(56)72)15-29-16-32(7-10-40(29)64-45)63-54(73)77-28(4)27(3)50(71)67-13-14-69(26(2)21-67)49-34-17-38(57)43(33-8-9-39(59)47-42(33)35(20-61)48(62)79-47)44(60)46(34)65-53(66-49)76-25-55-11-6-12-68(55)23-31(58)19-55/h7-10,15-18,26,28,31,74H,3,5-6,11-14,19,21-25,62H2,1-2,4H3,(H,63,73). The number of amides is 2. The van der Waals surface area contributed by atoms with Gasteiger partial charge >= 0.3 is 18.1 Å². The highest BCUT2D eigenvalue weighted by Crippen LogP contribution is 2.47. The lowest BCUT2D eigenvalue weighted by molar-refractivity contribution is -0.172. The molecule has 79 heavy (non-hydrogen) atoms. The fourth-order valence-electron chi connectivity index (χ4n) is 12.1. The van der Waals surface area contributed by atoms with Gasteiger partial charge in [0.25, 0.3) is 5.91 Å². The van der Waals surface area contributed by atoms with Crippen molar-refractivity contribution in [3.8, 4) is 34.6 Å². The molecule has 0 spiro atoms. The summed E-state index contributed by atoms with van der Waals surface area (Å²) in [6.07, 6.45) is -0.944. The Balaban J connectivity index is 0.760. The molecule has 3 saturated heterocycles. The summed E-state index contributed by atoms with van der Waals surface area (Å²) in [7, 11) is 0. The molecule has 5 aliphatic heterocycles. The molecular weight excluding hydrogens is 1080 g/mol. The van der Waals surface area contributed by atoms with Crippen LogP contribution >= 0.6 is 35.2 Å². The molecule has 3 fully saturated rings. The summed E-state index contributed by atoms with van der Waals surface area (Å²) in [5.41, 5.74) is 7.80. The second kappa shape index (κ2) is 19.4. The molecule has 0 bridgehead atoms. The Morgan fingerprint density at radius 1 is 1.14 bits per heavy atom. The van der Waals surface area contributed by atoms with Crippen LogP contribution in [0.25, 0.3) is 54.4 Å². The highest BCUT2D eigenvalue weighted by molar-refractivity contribution is 7.71. The van der Waals surface area contributed by atoms with Crippen molar-refractivity contribution in [2.24, 2.45) is 0 Å². The third kappa shape index (κ3) is 8.50. The van der Waals surface area contributed by atoms with E-state index in [0.717, 1.165) is 35.9 Å². The van der Waals surface area contributed by atoms with Gasteiger partial charge in [-0.05, 0) is 87.7 Å². The topological polar surface area (TPSA) is 214 Å². The van der Waals surface area contributed by atoms with Crippen molar-refractivity contribution in [2.45, 2.75) is 89.1 Å². The third-order valence-electron chi connectivity index (χ3n) is 16.3. The second-order valence-electron chi connectivity index (χ2n) is 20.9. The lowest BCUT2D eigenvalue weighted by Crippen LogP contribution is -2.54. The molecule has 17 nitrogen and oxygen atoms in total. The molecule has 0 radical (unpaired) electrons. The maximum absolute atomic E-state index is 17.5. The van der Waals surface area contributed by atoms with Gasteiger partial charge in [0, 0.05) is 82.7 Å². The Morgan fingerprint density at radius 3 is 2.72 bits per heavy atom. The number of benzene rings is 3. The van der Waals surface area contributed by atoms with Gasteiger partial charge in [-0.2, -0.15) is 15.2 Å². The predicted molar refractivity (Wildman–Crippen MR) is 294 cm³/mol. The van der Waals surface area contributed by atoms with Crippen LogP contribution in [-0.4, -0.2) is 116 Å². The van der Waals surface area contributed by atoms with Crippen LogP contribution in [0.1, 0.15) is 68.7 Å². The molecule has 5 aliphatic rings. The maximum Gasteiger partial charge on any atom is 0.412 e. The zero-order valence-corrected chi connectivity index (χ0v) is 45.3. The number of aliphatic hydroxyl groups is 1. The van der Waals surface area contributed by atoms with Gasteiger partial charge in [-0.1, -0.05) is 43.4 Å².